The molecule has 0 aliphatic rings. The van der Waals surface area contributed by atoms with Crippen molar-refractivity contribution in [3.05, 3.63) is 22.7 Å². The highest BCUT2D eigenvalue weighted by atomic mass is 35.5. The number of nitrogens with two attached hydrogens (primary N) is 1. The highest BCUT2D eigenvalue weighted by Crippen LogP contribution is 2.36. The summed E-state index contributed by atoms with van der Waals surface area (Å²) in [6.07, 6.45) is 0.946. The summed E-state index contributed by atoms with van der Waals surface area (Å²) in [6.45, 7) is 5.85. The van der Waals surface area contributed by atoms with E-state index in [1.165, 1.54) is 4.90 Å². The quantitative estimate of drug-likeness (QED) is 0.646. The summed E-state index contributed by atoms with van der Waals surface area (Å²) in [6, 6.07) is 3.98. The van der Waals surface area contributed by atoms with Crippen LogP contribution in [0, 0.1) is 0 Å². The lowest BCUT2D eigenvalue weighted by Crippen LogP contribution is -3.09. The second-order valence-corrected chi connectivity index (χ2v) is 5.60. The van der Waals surface area contributed by atoms with Crippen LogP contribution in [0.1, 0.15) is 18.9 Å². The summed E-state index contributed by atoms with van der Waals surface area (Å²) in [4.78, 5) is 1.46. The molecule has 1 rings (SSSR count). The number of halogens is 1. The molecule has 4 nitrogen and oxygen atoms in total. The molecular weight excluding hydrogens is 276 g/mol. The van der Waals surface area contributed by atoms with Crippen molar-refractivity contribution in [1.29, 1.82) is 0 Å². The summed E-state index contributed by atoms with van der Waals surface area (Å²) in [7, 11) is 5.97. The first kappa shape index (κ1) is 17.1. The van der Waals surface area contributed by atoms with Gasteiger partial charge < -0.3 is 19.7 Å². The summed E-state index contributed by atoms with van der Waals surface area (Å²) < 4.78 is 11.0. The summed E-state index contributed by atoms with van der Waals surface area (Å²) in [5.74, 6) is 1.37. The average Bonchev–Trinajstić information content (AvgIpc) is 2.41. The van der Waals surface area contributed by atoms with Gasteiger partial charge in [-0.15, -0.1) is 0 Å². The molecule has 1 aromatic carbocycles. The molecule has 0 fully saturated rings. The Balaban J connectivity index is 2.67. The highest BCUT2D eigenvalue weighted by molar-refractivity contribution is 6.32. The Morgan fingerprint density at radius 1 is 1.30 bits per heavy atom. The monoisotopic (exact) mass is 302 g/mol. The van der Waals surface area contributed by atoms with E-state index in [4.69, 9.17) is 21.1 Å². The Morgan fingerprint density at radius 2 is 2.05 bits per heavy atom. The first-order valence-electron chi connectivity index (χ1n) is 7.18. The van der Waals surface area contributed by atoms with Crippen LogP contribution in [0.25, 0.3) is 0 Å². The van der Waals surface area contributed by atoms with Crippen molar-refractivity contribution in [2.45, 2.75) is 19.9 Å². The molecule has 0 amide bonds. The molecule has 20 heavy (non-hydrogen) atoms. The summed E-state index contributed by atoms with van der Waals surface area (Å²) in [5, 5.41) is 2.91. The zero-order valence-corrected chi connectivity index (χ0v) is 13.7. The predicted octanol–water partition coefficient (Wildman–Crippen LogP) is 0.345. The lowest BCUT2D eigenvalue weighted by atomic mass is 10.2. The SMILES string of the molecule is CCCOc1c(Cl)cc(C[NH2+]CC[NH+](C)C)cc1OC. The minimum Gasteiger partial charge on any atom is -0.493 e. The fraction of sp³-hybridized carbons (Fsp3) is 0.600. The maximum Gasteiger partial charge on any atom is 0.179 e. The van der Waals surface area contributed by atoms with Crippen molar-refractivity contribution in [1.82, 2.24) is 0 Å². The van der Waals surface area contributed by atoms with E-state index in [1.54, 1.807) is 7.11 Å². The lowest BCUT2D eigenvalue weighted by molar-refractivity contribution is -0.875. The number of benzene rings is 1. The van der Waals surface area contributed by atoms with Gasteiger partial charge in [-0.1, -0.05) is 18.5 Å². The molecule has 0 radical (unpaired) electrons. The van der Waals surface area contributed by atoms with Crippen LogP contribution >= 0.6 is 11.6 Å². The minimum absolute atomic E-state index is 0.624. The molecule has 0 heterocycles. The summed E-state index contributed by atoms with van der Waals surface area (Å²) >= 11 is 6.29. The van der Waals surface area contributed by atoms with Crippen molar-refractivity contribution in [3.63, 3.8) is 0 Å². The molecule has 0 unspecified atom stereocenters. The summed E-state index contributed by atoms with van der Waals surface area (Å²) in [5.41, 5.74) is 1.16. The lowest BCUT2D eigenvalue weighted by Gasteiger charge is -2.13. The van der Waals surface area contributed by atoms with Crippen LogP contribution in [0.3, 0.4) is 0 Å². The molecule has 0 saturated carbocycles. The zero-order valence-electron chi connectivity index (χ0n) is 13.0. The topological polar surface area (TPSA) is 39.5 Å². The van der Waals surface area contributed by atoms with Gasteiger partial charge in [0.15, 0.2) is 11.5 Å². The molecule has 114 valence electrons. The molecule has 0 atom stereocenters. The predicted molar refractivity (Wildman–Crippen MR) is 82.0 cm³/mol. The number of methoxy groups -OCH3 is 1. The van der Waals surface area contributed by atoms with Gasteiger partial charge in [0.1, 0.15) is 19.6 Å². The van der Waals surface area contributed by atoms with Gasteiger partial charge in [-0.2, -0.15) is 0 Å². The second-order valence-electron chi connectivity index (χ2n) is 5.20. The molecule has 1 aromatic rings. The van der Waals surface area contributed by atoms with Gasteiger partial charge in [0, 0.05) is 5.56 Å². The van der Waals surface area contributed by atoms with Gasteiger partial charge in [-0.3, -0.25) is 0 Å². The van der Waals surface area contributed by atoms with E-state index in [-0.39, 0.29) is 0 Å². The van der Waals surface area contributed by atoms with Gasteiger partial charge in [-0.05, 0) is 18.6 Å². The van der Waals surface area contributed by atoms with Crippen molar-refractivity contribution in [3.8, 4) is 11.5 Å². The van der Waals surface area contributed by atoms with E-state index in [0.29, 0.717) is 23.1 Å². The zero-order chi connectivity index (χ0) is 15.0. The maximum atomic E-state index is 6.29. The maximum absolute atomic E-state index is 6.29. The van der Waals surface area contributed by atoms with Gasteiger partial charge in [0.25, 0.3) is 0 Å². The van der Waals surface area contributed by atoms with Crippen molar-refractivity contribution < 1.29 is 19.7 Å². The molecule has 0 aliphatic carbocycles. The molecule has 0 aliphatic heterocycles. The van der Waals surface area contributed by atoms with E-state index >= 15 is 0 Å². The standard InChI is InChI=1S/C15H25ClN2O2/c1-5-8-20-15-13(16)9-12(10-14(15)19-4)11-17-6-7-18(2)3/h9-10,17H,5-8,11H2,1-4H3/p+2. The third-order valence-corrected chi connectivity index (χ3v) is 3.25. The van der Waals surface area contributed by atoms with Crippen LogP contribution in [-0.2, 0) is 6.54 Å². The molecule has 3 N–H and O–H groups in total. The van der Waals surface area contributed by atoms with Crippen LogP contribution in [0.4, 0.5) is 0 Å². The number of quaternary nitrogens is 2. The number of rotatable bonds is 9. The number of hydrogen-bond acceptors (Lipinski definition) is 2. The number of likely N-dealkylation sites (N-methyl/N-ethyl adjacent to an activating group) is 1. The van der Waals surface area contributed by atoms with E-state index in [1.807, 2.05) is 12.1 Å². The largest absolute Gasteiger partial charge is 0.493 e. The Hall–Kier alpha value is -0.970. The van der Waals surface area contributed by atoms with Gasteiger partial charge in [0.2, 0.25) is 0 Å². The van der Waals surface area contributed by atoms with Gasteiger partial charge in [-0.25, -0.2) is 0 Å². The van der Waals surface area contributed by atoms with E-state index in [2.05, 4.69) is 26.3 Å². The first-order chi connectivity index (χ1) is 9.58. The van der Waals surface area contributed by atoms with Crippen molar-refractivity contribution in [2.24, 2.45) is 0 Å². The number of ether oxygens (including phenoxy) is 2. The second kappa shape index (κ2) is 9.06. The molecule has 0 spiro atoms. The van der Waals surface area contributed by atoms with Crippen LogP contribution < -0.4 is 19.7 Å². The fourth-order valence-electron chi connectivity index (χ4n) is 1.89. The molecule has 5 heteroatoms. The number of nitrogens with one attached hydrogen (secondary N) is 1. The smallest absolute Gasteiger partial charge is 0.179 e. The Morgan fingerprint density at radius 3 is 2.65 bits per heavy atom. The van der Waals surface area contributed by atoms with Crippen LogP contribution in [0.5, 0.6) is 11.5 Å². The van der Waals surface area contributed by atoms with Crippen LogP contribution in [0.2, 0.25) is 5.02 Å². The molecular formula is C15H27ClN2O2+2. The molecule has 0 bridgehead atoms. The minimum atomic E-state index is 0.624. The Kier molecular flexibility index (Phi) is 7.73. The normalized spacial score (nSPS) is 10.9. The first-order valence-corrected chi connectivity index (χ1v) is 7.56. The fourth-order valence-corrected chi connectivity index (χ4v) is 2.18. The van der Waals surface area contributed by atoms with Gasteiger partial charge >= 0.3 is 0 Å². The van der Waals surface area contributed by atoms with Gasteiger partial charge in [0.05, 0.1) is 32.8 Å². The van der Waals surface area contributed by atoms with Crippen molar-refractivity contribution in [2.75, 3.05) is 40.9 Å². The van der Waals surface area contributed by atoms with E-state index < -0.39 is 0 Å². The third kappa shape index (κ3) is 5.57. The Bertz CT molecular complexity index is 411. The van der Waals surface area contributed by atoms with Crippen LogP contribution in [-0.4, -0.2) is 40.9 Å². The molecule has 0 aromatic heterocycles. The van der Waals surface area contributed by atoms with E-state index in [0.717, 1.165) is 31.6 Å². The Labute approximate surface area is 127 Å². The highest BCUT2D eigenvalue weighted by Gasteiger charge is 2.12. The average molecular weight is 303 g/mol. The number of hydrogen-bond donors (Lipinski definition) is 2. The van der Waals surface area contributed by atoms with E-state index in [9.17, 15) is 0 Å². The van der Waals surface area contributed by atoms with Crippen molar-refractivity contribution >= 4 is 11.6 Å². The molecule has 0 saturated heterocycles. The van der Waals surface area contributed by atoms with Crippen LogP contribution in [0.15, 0.2) is 12.1 Å². The third-order valence-electron chi connectivity index (χ3n) is 2.97.